The van der Waals surface area contributed by atoms with Gasteiger partial charge in [0, 0.05) is 67.0 Å². The third kappa shape index (κ3) is 4.94. The van der Waals surface area contributed by atoms with E-state index in [2.05, 4.69) is 59.5 Å². The van der Waals surface area contributed by atoms with Gasteiger partial charge in [-0.15, -0.1) is 0 Å². The standard InChI is InChI=1S/C37H45N7O3/c1-22-14-29-27(19-39-44(29)30-10-8-9-13-46-30)31(23(22)2)33-32(24-11-12-28-25(15-24)18-38-42(28)7)40-34(41(33)6)26-16-37(17-26)20-43(21-37)35(45)47-36(3,4)5/h11-12,14-15,18-19,26,30H,8-10,13,16-17,20-21H2,1-7H3. The smallest absolute Gasteiger partial charge is 0.410 e. The highest BCUT2D eigenvalue weighted by atomic mass is 16.6. The number of likely N-dealkylation sites (tertiary alicyclic amines) is 1. The molecule has 1 unspecified atom stereocenters. The molecule has 1 amide bonds. The van der Waals surface area contributed by atoms with E-state index in [9.17, 15) is 4.79 Å². The molecule has 1 saturated carbocycles. The van der Waals surface area contributed by atoms with E-state index in [0.717, 1.165) is 96.4 Å². The zero-order chi connectivity index (χ0) is 32.8. The van der Waals surface area contributed by atoms with Gasteiger partial charge in [0.1, 0.15) is 11.4 Å². The summed E-state index contributed by atoms with van der Waals surface area (Å²) in [5, 5.41) is 11.6. The Bertz CT molecular complexity index is 2020. The normalized spacial score (nSPS) is 19.8. The van der Waals surface area contributed by atoms with E-state index in [-0.39, 0.29) is 17.7 Å². The van der Waals surface area contributed by atoms with Gasteiger partial charge in [-0.05, 0) is 96.0 Å². The van der Waals surface area contributed by atoms with Gasteiger partial charge in [0.05, 0.1) is 34.8 Å². The van der Waals surface area contributed by atoms with Gasteiger partial charge in [0.15, 0.2) is 6.23 Å². The van der Waals surface area contributed by atoms with Crippen LogP contribution < -0.4 is 0 Å². The molecule has 5 heterocycles. The molecule has 0 radical (unpaired) electrons. The van der Waals surface area contributed by atoms with Gasteiger partial charge in [-0.2, -0.15) is 10.2 Å². The van der Waals surface area contributed by atoms with E-state index < -0.39 is 5.60 Å². The Morgan fingerprint density at radius 2 is 1.81 bits per heavy atom. The Morgan fingerprint density at radius 1 is 1.02 bits per heavy atom. The first-order valence-electron chi connectivity index (χ1n) is 17.0. The third-order valence-electron chi connectivity index (χ3n) is 10.7. The number of amides is 1. The molecule has 2 aliphatic heterocycles. The second kappa shape index (κ2) is 10.7. The fourth-order valence-corrected chi connectivity index (χ4v) is 8.20. The lowest BCUT2D eigenvalue weighted by atomic mass is 9.57. The average Bonchev–Trinajstić information content (AvgIpc) is 3.67. The minimum atomic E-state index is -0.486. The second-order valence-corrected chi connectivity index (χ2v) is 15.2. The van der Waals surface area contributed by atoms with Crippen LogP contribution in [0.1, 0.15) is 82.0 Å². The molecular weight excluding hydrogens is 590 g/mol. The van der Waals surface area contributed by atoms with Crippen LogP contribution in [-0.2, 0) is 23.6 Å². The maximum atomic E-state index is 12.7. The molecule has 246 valence electrons. The Morgan fingerprint density at radius 3 is 2.53 bits per heavy atom. The van der Waals surface area contributed by atoms with E-state index in [1.54, 1.807) is 0 Å². The molecule has 10 heteroatoms. The zero-order valence-electron chi connectivity index (χ0n) is 28.6. The number of hydrogen-bond acceptors (Lipinski definition) is 6. The summed E-state index contributed by atoms with van der Waals surface area (Å²) >= 11 is 0. The van der Waals surface area contributed by atoms with E-state index in [1.165, 1.54) is 16.7 Å². The molecule has 0 bridgehead atoms. The molecule has 0 N–H and O–H groups in total. The van der Waals surface area contributed by atoms with Crippen molar-refractivity contribution in [3.63, 3.8) is 0 Å². The van der Waals surface area contributed by atoms with Crippen LogP contribution in [-0.4, -0.2) is 65.4 Å². The van der Waals surface area contributed by atoms with Crippen molar-refractivity contribution >= 4 is 27.9 Å². The summed E-state index contributed by atoms with van der Waals surface area (Å²) in [6, 6.07) is 8.80. The zero-order valence-corrected chi connectivity index (χ0v) is 28.6. The molecule has 1 spiro atoms. The van der Waals surface area contributed by atoms with E-state index in [1.807, 2.05) is 49.8 Å². The van der Waals surface area contributed by atoms with Crippen LogP contribution in [0.4, 0.5) is 4.79 Å². The maximum Gasteiger partial charge on any atom is 0.410 e. The van der Waals surface area contributed by atoms with Crippen molar-refractivity contribution in [2.75, 3.05) is 19.7 Å². The highest BCUT2D eigenvalue weighted by Gasteiger charge is 2.55. The monoisotopic (exact) mass is 635 g/mol. The molecule has 2 aromatic carbocycles. The van der Waals surface area contributed by atoms with Crippen molar-refractivity contribution < 1.29 is 14.3 Å². The van der Waals surface area contributed by atoms with Gasteiger partial charge in [0.2, 0.25) is 0 Å². The number of carbonyl (C=O) groups excluding carboxylic acids is 1. The number of benzene rings is 2. The van der Waals surface area contributed by atoms with Crippen molar-refractivity contribution in [3.05, 3.63) is 53.6 Å². The van der Waals surface area contributed by atoms with E-state index in [4.69, 9.17) is 19.6 Å². The van der Waals surface area contributed by atoms with Crippen molar-refractivity contribution in [3.8, 4) is 22.5 Å². The Balaban J connectivity index is 1.20. The van der Waals surface area contributed by atoms with Crippen LogP contribution in [0.5, 0.6) is 0 Å². The highest BCUT2D eigenvalue weighted by Crippen LogP contribution is 2.57. The molecule has 3 aromatic heterocycles. The molecule has 10 nitrogen and oxygen atoms in total. The van der Waals surface area contributed by atoms with Gasteiger partial charge < -0.3 is 18.9 Å². The molecule has 8 rings (SSSR count). The summed E-state index contributed by atoms with van der Waals surface area (Å²) < 4.78 is 18.1. The minimum absolute atomic E-state index is 0.0420. The lowest BCUT2D eigenvalue weighted by Gasteiger charge is -2.58. The lowest BCUT2D eigenvalue weighted by molar-refractivity contribution is -0.0800. The van der Waals surface area contributed by atoms with E-state index in [0.29, 0.717) is 5.92 Å². The summed E-state index contributed by atoms with van der Waals surface area (Å²) in [6.07, 6.45) is 8.94. The number of nitrogens with zero attached hydrogens (tertiary/aromatic N) is 7. The van der Waals surface area contributed by atoms with Gasteiger partial charge in [0.25, 0.3) is 0 Å². The molecule has 47 heavy (non-hydrogen) atoms. The van der Waals surface area contributed by atoms with Gasteiger partial charge in [-0.1, -0.05) is 6.07 Å². The number of fused-ring (bicyclic) bond motifs is 2. The van der Waals surface area contributed by atoms with Crippen LogP contribution in [0.3, 0.4) is 0 Å². The summed E-state index contributed by atoms with van der Waals surface area (Å²) in [6.45, 7) is 12.4. The Hall–Kier alpha value is -4.18. The summed E-state index contributed by atoms with van der Waals surface area (Å²) in [4.78, 5) is 20.0. The topological polar surface area (TPSA) is 92.2 Å². The number of aryl methyl sites for hydroxylation is 2. The lowest BCUT2D eigenvalue weighted by Crippen LogP contribution is -2.63. The van der Waals surface area contributed by atoms with Crippen LogP contribution >= 0.6 is 0 Å². The van der Waals surface area contributed by atoms with Gasteiger partial charge in [-0.3, -0.25) is 4.68 Å². The van der Waals surface area contributed by atoms with E-state index >= 15 is 0 Å². The van der Waals surface area contributed by atoms with Crippen molar-refractivity contribution in [1.29, 1.82) is 0 Å². The molecular formula is C37H45N7O3. The number of ether oxygens (including phenoxy) is 2. The largest absolute Gasteiger partial charge is 0.444 e. The first-order valence-corrected chi connectivity index (χ1v) is 17.0. The number of aromatic nitrogens is 6. The second-order valence-electron chi connectivity index (χ2n) is 15.2. The van der Waals surface area contributed by atoms with Crippen LogP contribution in [0.25, 0.3) is 44.3 Å². The van der Waals surface area contributed by atoms with Gasteiger partial charge >= 0.3 is 6.09 Å². The fraction of sp³-hybridized carbons (Fsp3) is 0.514. The SMILES string of the molecule is Cc1cc2c(cnn2C2CCCCO2)c(-c2c(-c3ccc4c(cnn4C)c3)nc(C3CC4(C3)CN(C(=O)OC(C)(C)C)C4)n2C)c1C. The van der Waals surface area contributed by atoms with Crippen LogP contribution in [0.15, 0.2) is 36.7 Å². The molecule has 3 aliphatic rings. The van der Waals surface area contributed by atoms with Crippen LogP contribution in [0, 0.1) is 19.3 Å². The van der Waals surface area contributed by atoms with Gasteiger partial charge in [-0.25, -0.2) is 14.5 Å². The number of carbonyl (C=O) groups is 1. The molecule has 3 fully saturated rings. The minimum Gasteiger partial charge on any atom is -0.444 e. The average molecular weight is 636 g/mol. The predicted octanol–water partition coefficient (Wildman–Crippen LogP) is 7.42. The highest BCUT2D eigenvalue weighted by molar-refractivity contribution is 6.00. The molecule has 1 aliphatic carbocycles. The number of imidazole rings is 1. The molecule has 5 aromatic rings. The quantitative estimate of drug-likeness (QED) is 0.204. The first kappa shape index (κ1) is 30.2. The fourth-order valence-electron chi connectivity index (χ4n) is 8.20. The molecule has 2 saturated heterocycles. The summed E-state index contributed by atoms with van der Waals surface area (Å²) in [5.41, 5.74) is 8.67. The maximum absolute atomic E-state index is 12.7. The number of rotatable bonds is 4. The summed E-state index contributed by atoms with van der Waals surface area (Å²) in [7, 11) is 4.15. The van der Waals surface area contributed by atoms with Crippen LogP contribution in [0.2, 0.25) is 0 Å². The Labute approximate surface area is 275 Å². The first-order chi connectivity index (χ1) is 22.4. The Kier molecular flexibility index (Phi) is 6.85. The van der Waals surface area contributed by atoms with Crippen molar-refractivity contribution in [2.24, 2.45) is 19.5 Å². The molecule has 1 atom stereocenters. The van der Waals surface area contributed by atoms with Crippen molar-refractivity contribution in [2.45, 2.75) is 84.5 Å². The predicted molar refractivity (Wildman–Crippen MR) is 182 cm³/mol. The summed E-state index contributed by atoms with van der Waals surface area (Å²) in [5.74, 6) is 1.41. The third-order valence-corrected chi connectivity index (χ3v) is 10.7. The number of hydrogen-bond donors (Lipinski definition) is 0. The van der Waals surface area contributed by atoms with Crippen molar-refractivity contribution in [1.82, 2.24) is 34.0 Å².